The molecule has 0 spiro atoms. The van der Waals surface area contributed by atoms with Gasteiger partial charge in [-0.25, -0.2) is 0 Å². The topological polar surface area (TPSA) is 0 Å². The molecule has 0 aliphatic heterocycles. The zero-order valence-electron chi connectivity index (χ0n) is 14.9. The molecule has 0 aromatic carbocycles. The molecular formula is C20H38. The zero-order valence-corrected chi connectivity index (χ0v) is 14.9. The Morgan fingerprint density at radius 3 is 2.35 bits per heavy atom. The molecule has 0 amide bonds. The summed E-state index contributed by atoms with van der Waals surface area (Å²) < 4.78 is 0. The van der Waals surface area contributed by atoms with Crippen LogP contribution in [0.3, 0.4) is 0 Å². The Morgan fingerprint density at radius 1 is 1.25 bits per heavy atom. The summed E-state index contributed by atoms with van der Waals surface area (Å²) in [5.74, 6) is 4.45. The summed E-state index contributed by atoms with van der Waals surface area (Å²) >= 11 is 0. The fourth-order valence-electron chi connectivity index (χ4n) is 4.27. The van der Waals surface area contributed by atoms with Gasteiger partial charge in [-0.15, -0.1) is 6.58 Å². The number of hydrogen-bond donors (Lipinski definition) is 0. The van der Waals surface area contributed by atoms with E-state index < -0.39 is 0 Å². The van der Waals surface area contributed by atoms with E-state index in [0.29, 0.717) is 5.41 Å². The molecule has 1 fully saturated rings. The van der Waals surface area contributed by atoms with E-state index >= 15 is 0 Å². The van der Waals surface area contributed by atoms with Gasteiger partial charge in [0.15, 0.2) is 0 Å². The van der Waals surface area contributed by atoms with Crippen molar-refractivity contribution in [1.82, 2.24) is 0 Å². The smallest absolute Gasteiger partial charge is 0.0208 e. The van der Waals surface area contributed by atoms with Crippen LogP contribution >= 0.6 is 0 Å². The van der Waals surface area contributed by atoms with Crippen LogP contribution in [0, 0.1) is 35.0 Å². The average molecular weight is 279 g/mol. The average Bonchev–Trinajstić information content (AvgIpc) is 2.41. The van der Waals surface area contributed by atoms with Crippen molar-refractivity contribution in [2.75, 3.05) is 0 Å². The van der Waals surface area contributed by atoms with Gasteiger partial charge in [-0.1, -0.05) is 66.9 Å². The molecule has 118 valence electrons. The summed E-state index contributed by atoms with van der Waals surface area (Å²) in [6, 6.07) is 0. The summed E-state index contributed by atoms with van der Waals surface area (Å²) in [7, 11) is 0. The highest BCUT2D eigenvalue weighted by Crippen LogP contribution is 2.53. The molecule has 1 saturated carbocycles. The maximum Gasteiger partial charge on any atom is -0.0208 e. The third kappa shape index (κ3) is 4.12. The Morgan fingerprint density at radius 2 is 1.90 bits per heavy atom. The lowest BCUT2D eigenvalue weighted by molar-refractivity contribution is -0.0185. The molecule has 0 aromatic heterocycles. The van der Waals surface area contributed by atoms with Gasteiger partial charge in [-0.2, -0.15) is 0 Å². The molecule has 1 aliphatic rings. The summed E-state index contributed by atoms with van der Waals surface area (Å²) in [5, 5.41) is 0. The SMILES string of the molecule is C=CC(CCC)C(C)C1CC(CC)C1CC(C)(C)CC. The van der Waals surface area contributed by atoms with Crippen molar-refractivity contribution in [2.45, 2.75) is 80.1 Å². The molecular weight excluding hydrogens is 240 g/mol. The Hall–Kier alpha value is -0.260. The fourth-order valence-corrected chi connectivity index (χ4v) is 4.27. The molecule has 0 saturated heterocycles. The van der Waals surface area contributed by atoms with Gasteiger partial charge in [0, 0.05) is 0 Å². The van der Waals surface area contributed by atoms with E-state index in [9.17, 15) is 0 Å². The summed E-state index contributed by atoms with van der Waals surface area (Å²) in [6.45, 7) is 18.5. The quantitative estimate of drug-likeness (QED) is 0.411. The maximum absolute atomic E-state index is 4.10. The van der Waals surface area contributed by atoms with E-state index in [4.69, 9.17) is 0 Å². The summed E-state index contributed by atoms with van der Waals surface area (Å²) in [4.78, 5) is 0. The molecule has 0 bridgehead atoms. The highest BCUT2D eigenvalue weighted by atomic mass is 14.5. The van der Waals surface area contributed by atoms with Gasteiger partial charge in [0.05, 0.1) is 0 Å². The van der Waals surface area contributed by atoms with E-state index in [-0.39, 0.29) is 0 Å². The van der Waals surface area contributed by atoms with E-state index in [2.05, 4.69) is 54.2 Å². The lowest BCUT2D eigenvalue weighted by atomic mass is 9.53. The van der Waals surface area contributed by atoms with Gasteiger partial charge < -0.3 is 0 Å². The second kappa shape index (κ2) is 7.66. The van der Waals surface area contributed by atoms with E-state index in [1.54, 1.807) is 0 Å². The minimum absolute atomic E-state index is 0.519. The van der Waals surface area contributed by atoms with Crippen molar-refractivity contribution in [3.05, 3.63) is 12.7 Å². The Bertz CT molecular complexity index is 288. The predicted molar refractivity (Wildman–Crippen MR) is 91.8 cm³/mol. The minimum Gasteiger partial charge on any atom is -0.103 e. The van der Waals surface area contributed by atoms with E-state index in [1.807, 2.05) is 0 Å². The van der Waals surface area contributed by atoms with Crippen LogP contribution in [-0.2, 0) is 0 Å². The van der Waals surface area contributed by atoms with Gasteiger partial charge in [0.2, 0.25) is 0 Å². The monoisotopic (exact) mass is 278 g/mol. The molecule has 0 radical (unpaired) electrons. The van der Waals surface area contributed by atoms with Crippen molar-refractivity contribution in [3.8, 4) is 0 Å². The first kappa shape index (κ1) is 17.8. The summed E-state index contributed by atoms with van der Waals surface area (Å²) in [5.41, 5.74) is 0.519. The Balaban J connectivity index is 2.71. The van der Waals surface area contributed by atoms with Crippen LogP contribution in [-0.4, -0.2) is 0 Å². The van der Waals surface area contributed by atoms with Crippen LogP contribution in [0.5, 0.6) is 0 Å². The molecule has 20 heavy (non-hydrogen) atoms. The summed E-state index contributed by atoms with van der Waals surface area (Å²) in [6.07, 6.45) is 10.4. The Labute approximate surface area is 128 Å². The molecule has 0 heteroatoms. The van der Waals surface area contributed by atoms with Crippen molar-refractivity contribution in [1.29, 1.82) is 0 Å². The van der Waals surface area contributed by atoms with Gasteiger partial charge in [-0.05, 0) is 54.3 Å². The van der Waals surface area contributed by atoms with Crippen molar-refractivity contribution in [3.63, 3.8) is 0 Å². The second-order valence-corrected chi connectivity index (χ2v) is 8.00. The van der Waals surface area contributed by atoms with Gasteiger partial charge in [0.1, 0.15) is 0 Å². The lowest BCUT2D eigenvalue weighted by Gasteiger charge is -2.52. The number of hydrogen-bond acceptors (Lipinski definition) is 0. The van der Waals surface area contributed by atoms with E-state index in [1.165, 1.54) is 38.5 Å². The van der Waals surface area contributed by atoms with Crippen LogP contribution in [0.15, 0.2) is 12.7 Å². The van der Waals surface area contributed by atoms with Crippen LogP contribution < -0.4 is 0 Å². The van der Waals surface area contributed by atoms with E-state index in [0.717, 1.165) is 29.6 Å². The van der Waals surface area contributed by atoms with Crippen LogP contribution in [0.25, 0.3) is 0 Å². The molecule has 0 nitrogen and oxygen atoms in total. The standard InChI is InChI=1S/C20H38/c1-8-12-16(9-2)15(5)18-13-17(10-3)19(18)14-20(6,7)11-4/h9,15-19H,2,8,10-14H2,1,3-7H3. The second-order valence-electron chi connectivity index (χ2n) is 8.00. The maximum atomic E-state index is 4.10. The molecule has 0 heterocycles. The lowest BCUT2D eigenvalue weighted by Crippen LogP contribution is -2.44. The molecule has 5 atom stereocenters. The number of rotatable bonds is 9. The predicted octanol–water partition coefficient (Wildman–Crippen LogP) is 6.71. The normalized spacial score (nSPS) is 29.6. The van der Waals surface area contributed by atoms with Gasteiger partial charge in [0.25, 0.3) is 0 Å². The molecule has 5 unspecified atom stereocenters. The molecule has 0 N–H and O–H groups in total. The first-order valence-corrected chi connectivity index (χ1v) is 9.02. The minimum atomic E-state index is 0.519. The molecule has 1 rings (SSSR count). The largest absolute Gasteiger partial charge is 0.103 e. The van der Waals surface area contributed by atoms with Crippen LogP contribution in [0.2, 0.25) is 0 Å². The van der Waals surface area contributed by atoms with Crippen molar-refractivity contribution in [2.24, 2.45) is 35.0 Å². The van der Waals surface area contributed by atoms with Crippen LogP contribution in [0.4, 0.5) is 0 Å². The first-order valence-electron chi connectivity index (χ1n) is 9.02. The highest BCUT2D eigenvalue weighted by Gasteiger charge is 2.45. The van der Waals surface area contributed by atoms with Gasteiger partial charge in [-0.3, -0.25) is 0 Å². The van der Waals surface area contributed by atoms with Crippen LogP contribution in [0.1, 0.15) is 80.1 Å². The first-order chi connectivity index (χ1) is 9.40. The van der Waals surface area contributed by atoms with Crippen molar-refractivity contribution >= 4 is 0 Å². The zero-order chi connectivity index (χ0) is 15.3. The third-order valence-corrected chi connectivity index (χ3v) is 6.28. The van der Waals surface area contributed by atoms with Gasteiger partial charge >= 0.3 is 0 Å². The Kier molecular flexibility index (Phi) is 6.82. The fraction of sp³-hybridized carbons (Fsp3) is 0.900. The third-order valence-electron chi connectivity index (χ3n) is 6.28. The highest BCUT2D eigenvalue weighted by molar-refractivity contribution is 4.97. The number of allylic oxidation sites excluding steroid dienone is 1. The molecule has 1 aliphatic carbocycles. The van der Waals surface area contributed by atoms with Crippen molar-refractivity contribution < 1.29 is 0 Å². The molecule has 0 aromatic rings.